The Labute approximate surface area is 148 Å². The van der Waals surface area contributed by atoms with E-state index in [2.05, 4.69) is 15.6 Å². The Balaban J connectivity index is 1.56. The Hall–Kier alpha value is -3.55. The van der Waals surface area contributed by atoms with Crippen molar-refractivity contribution in [1.29, 1.82) is 0 Å². The van der Waals surface area contributed by atoms with Gasteiger partial charge >= 0.3 is 0 Å². The number of nitrogens with one attached hydrogen (secondary N) is 1. The predicted molar refractivity (Wildman–Crippen MR) is 96.6 cm³/mol. The number of carbonyl (C=O) groups is 2. The molecular formula is C18H17N5O3. The number of amides is 2. The Bertz CT molecular complexity index is 1010. The zero-order valence-electron chi connectivity index (χ0n) is 13.9. The summed E-state index contributed by atoms with van der Waals surface area (Å²) in [5.74, 6) is -0.719. The molecule has 0 saturated heterocycles. The number of hydrogen-bond acceptors (Lipinski definition) is 5. The number of fused-ring (bicyclic) bond motifs is 1. The Morgan fingerprint density at radius 1 is 1.08 bits per heavy atom. The number of nitrogens with two attached hydrogens (primary N) is 1. The molecule has 0 bridgehead atoms. The highest BCUT2D eigenvalue weighted by molar-refractivity contribution is 5.94. The van der Waals surface area contributed by atoms with E-state index in [1.807, 2.05) is 0 Å². The average Bonchev–Trinajstić information content (AvgIpc) is 2.64. The van der Waals surface area contributed by atoms with Crippen LogP contribution >= 0.6 is 0 Å². The van der Waals surface area contributed by atoms with Crippen LogP contribution in [0.15, 0.2) is 53.3 Å². The van der Waals surface area contributed by atoms with E-state index in [0.29, 0.717) is 35.1 Å². The van der Waals surface area contributed by atoms with Crippen LogP contribution in [0, 0.1) is 0 Å². The van der Waals surface area contributed by atoms with Crippen molar-refractivity contribution >= 4 is 28.4 Å². The molecule has 0 aliphatic heterocycles. The van der Waals surface area contributed by atoms with E-state index in [-0.39, 0.29) is 17.9 Å². The Morgan fingerprint density at radius 3 is 2.54 bits per heavy atom. The van der Waals surface area contributed by atoms with Gasteiger partial charge in [0.05, 0.1) is 5.39 Å². The van der Waals surface area contributed by atoms with Gasteiger partial charge in [0.1, 0.15) is 5.52 Å². The molecule has 0 aliphatic rings. The first kappa shape index (κ1) is 17.3. The van der Waals surface area contributed by atoms with Gasteiger partial charge < -0.3 is 11.1 Å². The van der Waals surface area contributed by atoms with Crippen LogP contribution in [0.4, 0.5) is 5.69 Å². The molecule has 0 fully saturated rings. The van der Waals surface area contributed by atoms with Gasteiger partial charge in [-0.05, 0) is 42.8 Å². The molecule has 3 rings (SSSR count). The fraction of sp³-hybridized carbons (Fsp3) is 0.167. The van der Waals surface area contributed by atoms with Gasteiger partial charge in [-0.1, -0.05) is 17.3 Å². The quantitative estimate of drug-likeness (QED) is 0.694. The Morgan fingerprint density at radius 2 is 1.81 bits per heavy atom. The maximum absolute atomic E-state index is 12.3. The molecule has 3 N–H and O–H groups in total. The molecule has 0 atom stereocenters. The van der Waals surface area contributed by atoms with Crippen molar-refractivity contribution in [3.8, 4) is 0 Å². The summed E-state index contributed by atoms with van der Waals surface area (Å²) in [4.78, 5) is 35.3. The molecule has 3 aromatic rings. The topological polar surface area (TPSA) is 120 Å². The summed E-state index contributed by atoms with van der Waals surface area (Å²) in [6.45, 7) is 0.296. The molecule has 0 unspecified atom stereocenters. The van der Waals surface area contributed by atoms with Crippen molar-refractivity contribution in [2.45, 2.75) is 19.4 Å². The first-order valence-electron chi connectivity index (χ1n) is 8.07. The van der Waals surface area contributed by atoms with Gasteiger partial charge in [0.25, 0.3) is 5.56 Å². The molecule has 1 aromatic heterocycles. The molecule has 1 heterocycles. The maximum atomic E-state index is 12.3. The van der Waals surface area contributed by atoms with Gasteiger partial charge in [-0.3, -0.25) is 14.4 Å². The molecule has 132 valence electrons. The number of carbonyl (C=O) groups excluding carboxylic acids is 2. The highest BCUT2D eigenvalue weighted by Gasteiger charge is 2.07. The summed E-state index contributed by atoms with van der Waals surface area (Å²) in [7, 11) is 0. The van der Waals surface area contributed by atoms with Crippen molar-refractivity contribution in [2.75, 3.05) is 5.32 Å². The van der Waals surface area contributed by atoms with Gasteiger partial charge in [-0.25, -0.2) is 4.68 Å². The first-order valence-corrected chi connectivity index (χ1v) is 8.07. The van der Waals surface area contributed by atoms with Gasteiger partial charge in [0.2, 0.25) is 11.8 Å². The fourth-order valence-electron chi connectivity index (χ4n) is 2.50. The second-order valence-corrected chi connectivity index (χ2v) is 5.73. The zero-order valence-corrected chi connectivity index (χ0v) is 13.9. The third-order valence-corrected chi connectivity index (χ3v) is 3.86. The molecular weight excluding hydrogens is 334 g/mol. The van der Waals surface area contributed by atoms with E-state index < -0.39 is 5.91 Å². The zero-order chi connectivity index (χ0) is 18.5. The van der Waals surface area contributed by atoms with Gasteiger partial charge in [0, 0.05) is 24.2 Å². The van der Waals surface area contributed by atoms with Crippen LogP contribution in [0.2, 0.25) is 0 Å². The second-order valence-electron chi connectivity index (χ2n) is 5.73. The van der Waals surface area contributed by atoms with E-state index in [1.165, 1.54) is 4.68 Å². The number of anilines is 1. The molecule has 0 spiro atoms. The van der Waals surface area contributed by atoms with E-state index in [9.17, 15) is 14.4 Å². The molecule has 8 heteroatoms. The standard InChI is InChI=1S/C18H17N5O3/c19-17(25)12-7-9-13(10-8-12)20-16(24)6-3-11-23-18(26)14-4-1-2-5-15(14)21-22-23/h1-2,4-5,7-10H,3,6,11H2,(H2,19,25)(H,20,24). The predicted octanol–water partition coefficient (Wildman–Crippen LogP) is 1.31. The second kappa shape index (κ2) is 7.56. The minimum absolute atomic E-state index is 0.196. The lowest BCUT2D eigenvalue weighted by molar-refractivity contribution is -0.116. The molecule has 2 amide bonds. The number of nitrogens with zero attached hydrogens (tertiary/aromatic N) is 3. The van der Waals surface area contributed by atoms with Crippen molar-refractivity contribution in [3.05, 3.63) is 64.4 Å². The monoisotopic (exact) mass is 351 g/mol. The van der Waals surface area contributed by atoms with Crippen LogP contribution in [0.5, 0.6) is 0 Å². The highest BCUT2D eigenvalue weighted by Crippen LogP contribution is 2.10. The third-order valence-electron chi connectivity index (χ3n) is 3.86. The van der Waals surface area contributed by atoms with E-state index in [0.717, 1.165) is 0 Å². The number of aromatic nitrogens is 3. The summed E-state index contributed by atoms with van der Waals surface area (Å²) >= 11 is 0. The van der Waals surface area contributed by atoms with Crippen LogP contribution in [0.3, 0.4) is 0 Å². The minimum atomic E-state index is -0.523. The van der Waals surface area contributed by atoms with Crippen LogP contribution in [-0.2, 0) is 11.3 Å². The third kappa shape index (κ3) is 3.92. The molecule has 0 saturated carbocycles. The van der Waals surface area contributed by atoms with E-state index in [4.69, 9.17) is 5.73 Å². The highest BCUT2D eigenvalue weighted by atomic mass is 16.2. The van der Waals surface area contributed by atoms with Crippen LogP contribution in [0.1, 0.15) is 23.2 Å². The van der Waals surface area contributed by atoms with Crippen molar-refractivity contribution in [3.63, 3.8) is 0 Å². The van der Waals surface area contributed by atoms with Crippen molar-refractivity contribution < 1.29 is 9.59 Å². The van der Waals surface area contributed by atoms with E-state index in [1.54, 1.807) is 48.5 Å². The summed E-state index contributed by atoms with van der Waals surface area (Å²) in [5.41, 5.74) is 6.44. The molecule has 2 aromatic carbocycles. The summed E-state index contributed by atoms with van der Waals surface area (Å²) < 4.78 is 1.26. The first-order chi connectivity index (χ1) is 12.5. The fourth-order valence-corrected chi connectivity index (χ4v) is 2.50. The van der Waals surface area contributed by atoms with Crippen molar-refractivity contribution in [1.82, 2.24) is 15.0 Å². The summed E-state index contributed by atoms with van der Waals surface area (Å²) in [6.07, 6.45) is 0.663. The molecule has 0 radical (unpaired) electrons. The molecule has 0 aliphatic carbocycles. The molecule has 26 heavy (non-hydrogen) atoms. The largest absolute Gasteiger partial charge is 0.366 e. The van der Waals surface area contributed by atoms with Crippen LogP contribution < -0.4 is 16.6 Å². The van der Waals surface area contributed by atoms with Crippen LogP contribution in [-0.4, -0.2) is 26.8 Å². The summed E-state index contributed by atoms with van der Waals surface area (Å²) in [6, 6.07) is 13.3. The number of primary amides is 1. The minimum Gasteiger partial charge on any atom is -0.366 e. The molecule has 8 nitrogen and oxygen atoms in total. The number of hydrogen-bond donors (Lipinski definition) is 2. The number of benzene rings is 2. The van der Waals surface area contributed by atoms with Gasteiger partial charge in [-0.15, -0.1) is 5.10 Å². The lowest BCUT2D eigenvalue weighted by atomic mass is 10.2. The number of rotatable bonds is 6. The number of aryl methyl sites for hydroxylation is 1. The SMILES string of the molecule is NC(=O)c1ccc(NC(=O)CCCn2nnc3ccccc3c2=O)cc1. The lowest BCUT2D eigenvalue weighted by Crippen LogP contribution is -2.25. The van der Waals surface area contributed by atoms with Crippen molar-refractivity contribution in [2.24, 2.45) is 5.73 Å². The van der Waals surface area contributed by atoms with Crippen LogP contribution in [0.25, 0.3) is 10.9 Å². The maximum Gasteiger partial charge on any atom is 0.277 e. The summed E-state index contributed by atoms with van der Waals surface area (Å²) in [5, 5.41) is 11.1. The van der Waals surface area contributed by atoms with Gasteiger partial charge in [0.15, 0.2) is 0 Å². The van der Waals surface area contributed by atoms with E-state index >= 15 is 0 Å². The smallest absolute Gasteiger partial charge is 0.277 e. The lowest BCUT2D eigenvalue weighted by Gasteiger charge is -2.07. The average molecular weight is 351 g/mol. The normalized spacial score (nSPS) is 10.6. The Kier molecular flexibility index (Phi) is 5.02. The van der Waals surface area contributed by atoms with Gasteiger partial charge in [-0.2, -0.15) is 0 Å².